The maximum absolute atomic E-state index is 12.9. The first kappa shape index (κ1) is 11.5. The highest BCUT2D eigenvalue weighted by Crippen LogP contribution is 2.25. The van der Waals surface area contributed by atoms with Crippen molar-refractivity contribution in [3.63, 3.8) is 0 Å². The number of amides is 1. The van der Waals surface area contributed by atoms with E-state index in [4.69, 9.17) is 0 Å². The standard InChI is InChI=1S/C11H12BrFN2O/c12-9-2-1-3-10(9)15-11(16)7-4-8(13)6-14-5-7/h4-6,9-10H,1-3H2,(H,15,16). The Labute approximate surface area is 102 Å². The van der Waals surface area contributed by atoms with Crippen LogP contribution in [0.5, 0.6) is 0 Å². The molecule has 1 N–H and O–H groups in total. The lowest BCUT2D eigenvalue weighted by Crippen LogP contribution is -2.37. The Hall–Kier alpha value is -0.970. The smallest absolute Gasteiger partial charge is 0.253 e. The predicted octanol–water partition coefficient (Wildman–Crippen LogP) is 2.27. The van der Waals surface area contributed by atoms with Crippen molar-refractivity contribution in [3.8, 4) is 0 Å². The molecule has 1 aromatic heterocycles. The third-order valence-corrected chi connectivity index (χ3v) is 3.81. The molecule has 1 heterocycles. The van der Waals surface area contributed by atoms with E-state index in [-0.39, 0.29) is 17.5 Å². The largest absolute Gasteiger partial charge is 0.348 e. The zero-order valence-electron chi connectivity index (χ0n) is 8.62. The Morgan fingerprint density at radius 1 is 1.50 bits per heavy atom. The van der Waals surface area contributed by atoms with Crippen molar-refractivity contribution in [2.24, 2.45) is 0 Å². The number of hydrogen-bond donors (Lipinski definition) is 1. The summed E-state index contributed by atoms with van der Waals surface area (Å²) in [6.07, 6.45) is 5.58. The van der Waals surface area contributed by atoms with Gasteiger partial charge in [-0.05, 0) is 18.9 Å². The van der Waals surface area contributed by atoms with Crippen molar-refractivity contribution in [2.75, 3.05) is 0 Å². The fourth-order valence-corrected chi connectivity index (χ4v) is 2.59. The van der Waals surface area contributed by atoms with Crippen molar-refractivity contribution in [3.05, 3.63) is 29.8 Å². The van der Waals surface area contributed by atoms with Crippen molar-refractivity contribution in [2.45, 2.75) is 30.1 Å². The minimum absolute atomic E-state index is 0.135. The second-order valence-electron chi connectivity index (χ2n) is 3.92. The molecule has 3 nitrogen and oxygen atoms in total. The molecule has 5 heteroatoms. The van der Waals surface area contributed by atoms with Crippen LogP contribution in [0.25, 0.3) is 0 Å². The van der Waals surface area contributed by atoms with E-state index < -0.39 is 5.82 Å². The molecule has 0 aromatic carbocycles. The second-order valence-corrected chi connectivity index (χ2v) is 5.09. The predicted molar refractivity (Wildman–Crippen MR) is 62.0 cm³/mol. The molecule has 1 saturated carbocycles. The molecule has 1 aliphatic carbocycles. The number of carbonyl (C=O) groups is 1. The lowest BCUT2D eigenvalue weighted by atomic mass is 10.2. The normalized spacial score (nSPS) is 24.4. The van der Waals surface area contributed by atoms with Gasteiger partial charge < -0.3 is 5.32 Å². The van der Waals surface area contributed by atoms with Gasteiger partial charge in [-0.15, -0.1) is 0 Å². The van der Waals surface area contributed by atoms with Gasteiger partial charge in [0.25, 0.3) is 5.91 Å². The number of rotatable bonds is 2. The molecule has 1 amide bonds. The summed E-state index contributed by atoms with van der Waals surface area (Å²) in [5.41, 5.74) is 0.270. The van der Waals surface area contributed by atoms with E-state index in [9.17, 15) is 9.18 Å². The Kier molecular flexibility index (Phi) is 3.53. The fourth-order valence-electron chi connectivity index (χ4n) is 1.87. The van der Waals surface area contributed by atoms with Gasteiger partial charge in [-0.1, -0.05) is 22.4 Å². The van der Waals surface area contributed by atoms with E-state index in [0.29, 0.717) is 4.83 Å². The molecule has 0 spiro atoms. The van der Waals surface area contributed by atoms with Crippen molar-refractivity contribution >= 4 is 21.8 Å². The molecule has 16 heavy (non-hydrogen) atoms. The number of hydrogen-bond acceptors (Lipinski definition) is 2. The third-order valence-electron chi connectivity index (χ3n) is 2.72. The number of aromatic nitrogens is 1. The highest BCUT2D eigenvalue weighted by atomic mass is 79.9. The zero-order valence-corrected chi connectivity index (χ0v) is 10.2. The number of nitrogens with one attached hydrogen (secondary N) is 1. The summed E-state index contributed by atoms with van der Waals surface area (Å²) < 4.78 is 12.9. The molecule has 2 rings (SSSR count). The lowest BCUT2D eigenvalue weighted by Gasteiger charge is -2.15. The molecule has 1 aromatic rings. The first-order valence-corrected chi connectivity index (χ1v) is 6.14. The summed E-state index contributed by atoms with van der Waals surface area (Å²) in [5.74, 6) is -0.752. The molecule has 0 saturated heterocycles. The van der Waals surface area contributed by atoms with Crippen LogP contribution in [0.1, 0.15) is 29.6 Å². The monoisotopic (exact) mass is 286 g/mol. The SMILES string of the molecule is O=C(NC1CCCC1Br)c1cncc(F)c1. The molecular formula is C11H12BrFN2O. The molecule has 0 aliphatic heterocycles. The van der Waals surface area contributed by atoms with Crippen LogP contribution >= 0.6 is 15.9 Å². The van der Waals surface area contributed by atoms with Crippen LogP contribution in [0.2, 0.25) is 0 Å². The van der Waals surface area contributed by atoms with Crippen LogP contribution in [0, 0.1) is 5.82 Å². The van der Waals surface area contributed by atoms with Crippen molar-refractivity contribution in [1.29, 1.82) is 0 Å². The van der Waals surface area contributed by atoms with E-state index in [0.717, 1.165) is 25.5 Å². The average Bonchev–Trinajstić information content (AvgIpc) is 2.64. The van der Waals surface area contributed by atoms with E-state index in [1.54, 1.807) is 0 Å². The Morgan fingerprint density at radius 3 is 2.94 bits per heavy atom. The molecule has 0 radical (unpaired) electrons. The summed E-state index contributed by atoms with van der Waals surface area (Å²) in [4.78, 5) is 15.7. The second kappa shape index (κ2) is 4.91. The summed E-state index contributed by atoms with van der Waals surface area (Å²) in [5, 5.41) is 2.88. The van der Waals surface area contributed by atoms with Gasteiger partial charge in [0.2, 0.25) is 0 Å². The quantitative estimate of drug-likeness (QED) is 0.848. The number of pyridine rings is 1. The van der Waals surface area contributed by atoms with Gasteiger partial charge in [0.1, 0.15) is 5.82 Å². The van der Waals surface area contributed by atoms with Crippen LogP contribution in [0.3, 0.4) is 0 Å². The number of carbonyl (C=O) groups excluding carboxylic acids is 1. The van der Waals surface area contributed by atoms with Crippen LogP contribution in [0.4, 0.5) is 4.39 Å². The van der Waals surface area contributed by atoms with Crippen LogP contribution in [0.15, 0.2) is 18.5 Å². The Morgan fingerprint density at radius 2 is 2.31 bits per heavy atom. The van der Waals surface area contributed by atoms with Gasteiger partial charge in [0, 0.05) is 17.1 Å². The lowest BCUT2D eigenvalue weighted by molar-refractivity contribution is 0.0938. The van der Waals surface area contributed by atoms with E-state index in [2.05, 4.69) is 26.2 Å². The molecule has 0 bridgehead atoms. The topological polar surface area (TPSA) is 42.0 Å². The van der Waals surface area contributed by atoms with Gasteiger partial charge in [0.15, 0.2) is 0 Å². The number of nitrogens with zero attached hydrogens (tertiary/aromatic N) is 1. The molecular weight excluding hydrogens is 275 g/mol. The molecule has 1 fully saturated rings. The maximum atomic E-state index is 12.9. The zero-order chi connectivity index (χ0) is 11.5. The fraction of sp³-hybridized carbons (Fsp3) is 0.455. The van der Waals surface area contributed by atoms with Gasteiger partial charge in [-0.25, -0.2) is 4.39 Å². The molecule has 2 unspecified atom stereocenters. The highest BCUT2D eigenvalue weighted by molar-refractivity contribution is 9.09. The highest BCUT2D eigenvalue weighted by Gasteiger charge is 2.26. The first-order chi connectivity index (χ1) is 7.66. The van der Waals surface area contributed by atoms with Crippen molar-refractivity contribution in [1.82, 2.24) is 10.3 Å². The maximum Gasteiger partial charge on any atom is 0.253 e. The van der Waals surface area contributed by atoms with E-state index >= 15 is 0 Å². The third kappa shape index (κ3) is 2.58. The van der Waals surface area contributed by atoms with Crippen LogP contribution in [-0.2, 0) is 0 Å². The minimum atomic E-state index is -0.491. The van der Waals surface area contributed by atoms with Gasteiger partial charge >= 0.3 is 0 Å². The Balaban J connectivity index is 2.03. The van der Waals surface area contributed by atoms with Crippen LogP contribution in [-0.4, -0.2) is 21.8 Å². The summed E-state index contributed by atoms with van der Waals surface area (Å²) in [7, 11) is 0. The molecule has 2 atom stereocenters. The average molecular weight is 287 g/mol. The van der Waals surface area contributed by atoms with Crippen molar-refractivity contribution < 1.29 is 9.18 Å². The first-order valence-electron chi connectivity index (χ1n) is 5.22. The molecule has 86 valence electrons. The van der Waals surface area contributed by atoms with Gasteiger partial charge in [-0.2, -0.15) is 0 Å². The summed E-state index contributed by atoms with van der Waals surface area (Å²) >= 11 is 3.52. The summed E-state index contributed by atoms with van der Waals surface area (Å²) in [6, 6.07) is 1.33. The summed E-state index contributed by atoms with van der Waals surface area (Å²) in [6.45, 7) is 0. The number of halogens is 2. The Bertz CT molecular complexity index is 399. The molecule has 1 aliphatic rings. The van der Waals surface area contributed by atoms with Crippen LogP contribution < -0.4 is 5.32 Å². The number of alkyl halides is 1. The van der Waals surface area contributed by atoms with Gasteiger partial charge in [0.05, 0.1) is 11.8 Å². The van der Waals surface area contributed by atoms with Gasteiger partial charge in [-0.3, -0.25) is 9.78 Å². The van der Waals surface area contributed by atoms with E-state index in [1.807, 2.05) is 0 Å². The van der Waals surface area contributed by atoms with E-state index in [1.165, 1.54) is 12.3 Å². The minimum Gasteiger partial charge on any atom is -0.348 e.